The van der Waals surface area contributed by atoms with Crippen LogP contribution in [0.1, 0.15) is 45.1 Å². The fourth-order valence-corrected chi connectivity index (χ4v) is 3.86. The van der Waals surface area contributed by atoms with Crippen molar-refractivity contribution in [3.8, 4) is 0 Å². The van der Waals surface area contributed by atoms with Crippen molar-refractivity contribution in [2.75, 3.05) is 6.54 Å². The van der Waals surface area contributed by atoms with Gasteiger partial charge in [-0.2, -0.15) is 0 Å². The molecule has 0 saturated heterocycles. The van der Waals surface area contributed by atoms with E-state index in [0.717, 1.165) is 12.0 Å². The van der Waals surface area contributed by atoms with Crippen molar-refractivity contribution in [2.24, 2.45) is 5.92 Å². The SMILES string of the molecule is CC(C)CCNC(=O)CCCCn1c(=O)c2ccccc2n(CC(=O)NCc2ccccc2)c1=O. The van der Waals surface area contributed by atoms with Gasteiger partial charge in [-0.05, 0) is 42.9 Å². The Bertz CT molecular complexity index is 1260. The summed E-state index contributed by atoms with van der Waals surface area (Å²) in [5.74, 6) is 0.186. The Morgan fingerprint density at radius 1 is 0.857 bits per heavy atom. The predicted octanol–water partition coefficient (Wildman–Crippen LogP) is 2.81. The van der Waals surface area contributed by atoms with Gasteiger partial charge in [0.15, 0.2) is 0 Å². The summed E-state index contributed by atoms with van der Waals surface area (Å²) in [6.45, 7) is 5.21. The van der Waals surface area contributed by atoms with Crippen LogP contribution in [0.4, 0.5) is 0 Å². The summed E-state index contributed by atoms with van der Waals surface area (Å²) < 4.78 is 2.51. The summed E-state index contributed by atoms with van der Waals surface area (Å²) in [6, 6.07) is 16.3. The number of nitrogens with zero attached hydrogens (tertiary/aromatic N) is 2. The number of carbonyl (C=O) groups excluding carboxylic acids is 2. The van der Waals surface area contributed by atoms with Gasteiger partial charge >= 0.3 is 5.69 Å². The Kier molecular flexibility index (Phi) is 9.40. The van der Waals surface area contributed by atoms with Crippen LogP contribution >= 0.6 is 0 Å². The average Bonchev–Trinajstić information content (AvgIpc) is 2.85. The number of benzene rings is 2. The number of amides is 2. The summed E-state index contributed by atoms with van der Waals surface area (Å²) in [5, 5.41) is 6.11. The van der Waals surface area contributed by atoms with Crippen molar-refractivity contribution in [3.05, 3.63) is 81.0 Å². The lowest BCUT2D eigenvalue weighted by molar-refractivity contribution is -0.122. The molecule has 35 heavy (non-hydrogen) atoms. The third kappa shape index (κ3) is 7.40. The van der Waals surface area contributed by atoms with E-state index in [2.05, 4.69) is 24.5 Å². The van der Waals surface area contributed by atoms with Gasteiger partial charge in [-0.1, -0.05) is 56.3 Å². The summed E-state index contributed by atoms with van der Waals surface area (Å²) >= 11 is 0. The van der Waals surface area contributed by atoms with E-state index >= 15 is 0 Å². The van der Waals surface area contributed by atoms with Gasteiger partial charge < -0.3 is 10.6 Å². The van der Waals surface area contributed by atoms with Crippen LogP contribution in [0.25, 0.3) is 10.9 Å². The molecule has 0 radical (unpaired) electrons. The third-order valence-corrected chi connectivity index (χ3v) is 5.85. The molecule has 8 heteroatoms. The first-order chi connectivity index (χ1) is 16.9. The summed E-state index contributed by atoms with van der Waals surface area (Å²) in [7, 11) is 0. The maximum absolute atomic E-state index is 13.2. The molecule has 2 N–H and O–H groups in total. The van der Waals surface area contributed by atoms with E-state index in [0.29, 0.717) is 49.2 Å². The standard InChI is InChI=1S/C27H34N4O4/c1-20(2)15-16-28-24(32)14-8-9-17-30-26(34)22-12-6-7-13-23(22)31(27(30)35)19-25(33)29-18-21-10-4-3-5-11-21/h3-7,10-13,20H,8-9,14-19H2,1-2H3,(H,28,32)(H,29,33). The Morgan fingerprint density at radius 2 is 1.57 bits per heavy atom. The van der Waals surface area contributed by atoms with Crippen LogP contribution in [0, 0.1) is 5.92 Å². The molecule has 2 aromatic carbocycles. The molecule has 3 rings (SSSR count). The Labute approximate surface area is 205 Å². The third-order valence-electron chi connectivity index (χ3n) is 5.85. The Hall–Kier alpha value is -3.68. The zero-order valence-corrected chi connectivity index (χ0v) is 20.5. The average molecular weight is 479 g/mol. The van der Waals surface area contributed by atoms with Gasteiger partial charge in [-0.3, -0.25) is 23.5 Å². The van der Waals surface area contributed by atoms with Crippen molar-refractivity contribution in [1.82, 2.24) is 19.8 Å². The molecule has 186 valence electrons. The molecule has 1 heterocycles. The monoisotopic (exact) mass is 478 g/mol. The van der Waals surface area contributed by atoms with Gasteiger partial charge in [0.1, 0.15) is 6.54 Å². The number of hydrogen-bond acceptors (Lipinski definition) is 4. The van der Waals surface area contributed by atoms with E-state index in [1.54, 1.807) is 24.3 Å². The van der Waals surface area contributed by atoms with Gasteiger partial charge in [0, 0.05) is 26.1 Å². The van der Waals surface area contributed by atoms with Crippen LogP contribution in [0.2, 0.25) is 0 Å². The minimum Gasteiger partial charge on any atom is -0.356 e. The van der Waals surface area contributed by atoms with Gasteiger partial charge in [-0.25, -0.2) is 4.79 Å². The second kappa shape index (κ2) is 12.7. The zero-order valence-electron chi connectivity index (χ0n) is 20.5. The maximum Gasteiger partial charge on any atom is 0.331 e. The zero-order chi connectivity index (χ0) is 25.2. The second-order valence-electron chi connectivity index (χ2n) is 9.09. The molecule has 0 aliphatic rings. The number of aromatic nitrogens is 2. The largest absolute Gasteiger partial charge is 0.356 e. The molecule has 0 saturated carbocycles. The minimum absolute atomic E-state index is 0.0241. The van der Waals surface area contributed by atoms with E-state index in [9.17, 15) is 19.2 Å². The van der Waals surface area contributed by atoms with Crippen LogP contribution in [0.3, 0.4) is 0 Å². The topological polar surface area (TPSA) is 102 Å². The van der Waals surface area contributed by atoms with Crippen molar-refractivity contribution >= 4 is 22.7 Å². The fraction of sp³-hybridized carbons (Fsp3) is 0.407. The summed E-state index contributed by atoms with van der Waals surface area (Å²) in [4.78, 5) is 50.8. The molecule has 0 bridgehead atoms. The molecule has 0 aliphatic carbocycles. The van der Waals surface area contributed by atoms with Crippen LogP contribution in [0.15, 0.2) is 64.2 Å². The lowest BCUT2D eigenvalue weighted by Crippen LogP contribution is -2.42. The van der Waals surface area contributed by atoms with E-state index in [-0.39, 0.29) is 30.5 Å². The summed E-state index contributed by atoms with van der Waals surface area (Å²) in [5.41, 5.74) is 0.479. The van der Waals surface area contributed by atoms with Gasteiger partial charge in [0.25, 0.3) is 5.56 Å². The predicted molar refractivity (Wildman–Crippen MR) is 137 cm³/mol. The molecule has 0 atom stereocenters. The van der Waals surface area contributed by atoms with E-state index in [1.165, 1.54) is 9.13 Å². The van der Waals surface area contributed by atoms with Crippen LogP contribution in [-0.2, 0) is 29.2 Å². The number of fused-ring (bicyclic) bond motifs is 1. The first kappa shape index (κ1) is 25.9. The molecule has 2 amide bonds. The molecule has 8 nitrogen and oxygen atoms in total. The number of carbonyl (C=O) groups is 2. The second-order valence-corrected chi connectivity index (χ2v) is 9.09. The van der Waals surface area contributed by atoms with Gasteiger partial charge in [0.2, 0.25) is 11.8 Å². The minimum atomic E-state index is -0.523. The quantitative estimate of drug-likeness (QED) is 0.391. The van der Waals surface area contributed by atoms with Crippen molar-refractivity contribution < 1.29 is 9.59 Å². The molecular weight excluding hydrogens is 444 g/mol. The van der Waals surface area contributed by atoms with Gasteiger partial charge in [-0.15, -0.1) is 0 Å². The lowest BCUT2D eigenvalue weighted by Gasteiger charge is -2.14. The van der Waals surface area contributed by atoms with Crippen LogP contribution in [0.5, 0.6) is 0 Å². The normalized spacial score (nSPS) is 11.1. The molecule has 1 aromatic heterocycles. The van der Waals surface area contributed by atoms with Crippen molar-refractivity contribution in [1.29, 1.82) is 0 Å². The molecule has 0 aliphatic heterocycles. The Morgan fingerprint density at radius 3 is 2.31 bits per heavy atom. The van der Waals surface area contributed by atoms with E-state index in [1.807, 2.05) is 30.3 Å². The van der Waals surface area contributed by atoms with E-state index < -0.39 is 5.69 Å². The highest BCUT2D eigenvalue weighted by molar-refractivity contribution is 5.81. The van der Waals surface area contributed by atoms with Crippen LogP contribution in [-0.4, -0.2) is 27.5 Å². The van der Waals surface area contributed by atoms with Crippen molar-refractivity contribution in [3.63, 3.8) is 0 Å². The molecule has 0 spiro atoms. The maximum atomic E-state index is 13.2. The number of para-hydroxylation sites is 1. The van der Waals surface area contributed by atoms with Crippen LogP contribution < -0.4 is 21.9 Å². The van der Waals surface area contributed by atoms with Crippen molar-refractivity contribution in [2.45, 2.75) is 59.2 Å². The first-order valence-corrected chi connectivity index (χ1v) is 12.2. The van der Waals surface area contributed by atoms with Gasteiger partial charge in [0.05, 0.1) is 10.9 Å². The number of rotatable bonds is 12. The smallest absolute Gasteiger partial charge is 0.331 e. The lowest BCUT2D eigenvalue weighted by atomic mass is 10.1. The number of hydrogen-bond donors (Lipinski definition) is 2. The highest BCUT2D eigenvalue weighted by atomic mass is 16.2. The molecule has 0 fully saturated rings. The summed E-state index contributed by atoms with van der Waals surface area (Å²) in [6.07, 6.45) is 2.34. The molecule has 0 unspecified atom stereocenters. The number of unbranched alkanes of at least 4 members (excludes halogenated alkanes) is 1. The first-order valence-electron chi connectivity index (χ1n) is 12.2. The highest BCUT2D eigenvalue weighted by Crippen LogP contribution is 2.08. The van der Waals surface area contributed by atoms with E-state index in [4.69, 9.17) is 0 Å². The number of nitrogens with one attached hydrogen (secondary N) is 2. The fourth-order valence-electron chi connectivity index (χ4n) is 3.86. The molecular formula is C27H34N4O4. The Balaban J connectivity index is 1.68. The highest BCUT2D eigenvalue weighted by Gasteiger charge is 2.15. The molecule has 3 aromatic rings.